The van der Waals surface area contributed by atoms with Crippen molar-refractivity contribution >= 4 is 5.78 Å². The van der Waals surface area contributed by atoms with Crippen LogP contribution in [0.15, 0.2) is 30.3 Å². The number of Topliss-reactive ketones (excluding diaryl/α,β-unsaturated/α-hetero) is 1. The van der Waals surface area contributed by atoms with Gasteiger partial charge in [-0.15, -0.1) is 0 Å². The zero-order valence-electron chi connectivity index (χ0n) is 8.09. The topological polar surface area (TPSA) is 17.1 Å². The normalized spacial score (nSPS) is 8.54. The van der Waals surface area contributed by atoms with E-state index in [0.29, 0.717) is 18.6 Å². The van der Waals surface area contributed by atoms with Gasteiger partial charge in [-0.1, -0.05) is 32.0 Å². The van der Waals surface area contributed by atoms with E-state index in [9.17, 15) is 9.18 Å². The van der Waals surface area contributed by atoms with Gasteiger partial charge in [-0.3, -0.25) is 4.79 Å². The van der Waals surface area contributed by atoms with Crippen LogP contribution in [0.25, 0.3) is 0 Å². The van der Waals surface area contributed by atoms with E-state index in [4.69, 9.17) is 0 Å². The molecule has 0 unspecified atom stereocenters. The average molecular weight is 182 g/mol. The van der Waals surface area contributed by atoms with Crippen LogP contribution in [0.1, 0.15) is 26.7 Å². The van der Waals surface area contributed by atoms with Crippen molar-refractivity contribution in [3.05, 3.63) is 36.1 Å². The molecule has 72 valence electrons. The molecule has 0 saturated carbocycles. The van der Waals surface area contributed by atoms with E-state index in [1.807, 2.05) is 13.8 Å². The Hall–Kier alpha value is -1.18. The Balaban J connectivity index is 0.000000226. The van der Waals surface area contributed by atoms with Gasteiger partial charge in [-0.25, -0.2) is 4.39 Å². The summed E-state index contributed by atoms with van der Waals surface area (Å²) in [6.07, 6.45) is 1.38. The summed E-state index contributed by atoms with van der Waals surface area (Å²) >= 11 is 0. The highest BCUT2D eigenvalue weighted by Gasteiger charge is 1.86. The number of benzene rings is 1. The third-order valence-corrected chi connectivity index (χ3v) is 1.52. The minimum absolute atomic E-state index is 0.178. The molecule has 0 spiro atoms. The molecule has 0 aliphatic heterocycles. The number of carbonyl (C=O) groups is 1. The minimum atomic E-state index is -0.178. The Morgan fingerprint density at radius 2 is 1.62 bits per heavy atom. The Kier molecular flexibility index (Phi) is 6.79. The second-order valence-corrected chi connectivity index (χ2v) is 2.54. The van der Waals surface area contributed by atoms with Crippen LogP contribution in [-0.2, 0) is 4.79 Å². The number of rotatable bonds is 2. The molecule has 1 rings (SSSR count). The molecule has 0 atom stereocenters. The monoisotopic (exact) mass is 182 g/mol. The standard InChI is InChI=1S/C6H5F.C5H10O/c7-6-4-2-1-3-5-6;1-3-5(6)4-2/h1-5H;3-4H2,1-2H3. The van der Waals surface area contributed by atoms with E-state index < -0.39 is 0 Å². The lowest BCUT2D eigenvalue weighted by Gasteiger charge is -1.81. The predicted octanol–water partition coefficient (Wildman–Crippen LogP) is 3.20. The van der Waals surface area contributed by atoms with Gasteiger partial charge < -0.3 is 0 Å². The summed E-state index contributed by atoms with van der Waals surface area (Å²) in [6.45, 7) is 3.76. The third-order valence-electron chi connectivity index (χ3n) is 1.52. The lowest BCUT2D eigenvalue weighted by atomic mass is 10.3. The summed E-state index contributed by atoms with van der Waals surface area (Å²) < 4.78 is 11.9. The summed E-state index contributed by atoms with van der Waals surface area (Å²) in [5.74, 6) is 0.164. The molecule has 0 aliphatic rings. The second kappa shape index (κ2) is 7.47. The van der Waals surface area contributed by atoms with Crippen molar-refractivity contribution in [1.29, 1.82) is 0 Å². The molecule has 0 amide bonds. The molecule has 0 aliphatic carbocycles. The number of halogens is 1. The van der Waals surface area contributed by atoms with E-state index in [1.165, 1.54) is 12.1 Å². The fourth-order valence-electron chi connectivity index (χ4n) is 0.665. The summed E-state index contributed by atoms with van der Waals surface area (Å²) in [5.41, 5.74) is 0. The van der Waals surface area contributed by atoms with Crippen molar-refractivity contribution < 1.29 is 9.18 Å². The highest BCUT2D eigenvalue weighted by Crippen LogP contribution is 1.91. The van der Waals surface area contributed by atoms with E-state index in [1.54, 1.807) is 18.2 Å². The molecule has 1 aromatic carbocycles. The molecule has 1 nitrogen and oxygen atoms in total. The van der Waals surface area contributed by atoms with Gasteiger partial charge in [0.25, 0.3) is 0 Å². The van der Waals surface area contributed by atoms with E-state index in [2.05, 4.69) is 0 Å². The molecule has 0 saturated heterocycles. The molecule has 2 heteroatoms. The molecule has 0 radical (unpaired) electrons. The SMILES string of the molecule is CCC(=O)CC.Fc1ccccc1. The van der Waals surface area contributed by atoms with Crippen molar-refractivity contribution in [2.24, 2.45) is 0 Å². The Morgan fingerprint density at radius 3 is 1.77 bits per heavy atom. The minimum Gasteiger partial charge on any atom is -0.300 e. The molecule has 0 N–H and O–H groups in total. The van der Waals surface area contributed by atoms with Crippen molar-refractivity contribution in [1.82, 2.24) is 0 Å². The predicted molar refractivity (Wildman–Crippen MR) is 52.0 cm³/mol. The lowest BCUT2D eigenvalue weighted by Crippen LogP contribution is -1.88. The number of hydrogen-bond donors (Lipinski definition) is 0. The zero-order chi connectivity index (χ0) is 10.1. The van der Waals surface area contributed by atoms with Gasteiger partial charge in [0.15, 0.2) is 0 Å². The molecular weight excluding hydrogens is 167 g/mol. The van der Waals surface area contributed by atoms with Crippen molar-refractivity contribution in [2.45, 2.75) is 26.7 Å². The maximum absolute atomic E-state index is 11.9. The van der Waals surface area contributed by atoms with Crippen molar-refractivity contribution in [2.75, 3.05) is 0 Å². The van der Waals surface area contributed by atoms with Gasteiger partial charge in [-0.2, -0.15) is 0 Å². The van der Waals surface area contributed by atoms with Gasteiger partial charge in [0.2, 0.25) is 0 Å². The lowest BCUT2D eigenvalue weighted by molar-refractivity contribution is -0.118. The maximum atomic E-state index is 11.9. The van der Waals surface area contributed by atoms with Crippen LogP contribution in [0.5, 0.6) is 0 Å². The van der Waals surface area contributed by atoms with Gasteiger partial charge in [0.05, 0.1) is 0 Å². The molecule has 0 heterocycles. The Morgan fingerprint density at radius 1 is 1.15 bits per heavy atom. The Labute approximate surface area is 78.6 Å². The largest absolute Gasteiger partial charge is 0.300 e. The van der Waals surface area contributed by atoms with Crippen LogP contribution < -0.4 is 0 Å². The van der Waals surface area contributed by atoms with Gasteiger partial charge in [-0.05, 0) is 12.1 Å². The zero-order valence-corrected chi connectivity index (χ0v) is 8.09. The van der Waals surface area contributed by atoms with E-state index in [0.717, 1.165) is 0 Å². The fourth-order valence-corrected chi connectivity index (χ4v) is 0.665. The highest BCUT2D eigenvalue weighted by molar-refractivity contribution is 5.77. The molecule has 0 bridgehead atoms. The second-order valence-electron chi connectivity index (χ2n) is 2.54. The average Bonchev–Trinajstić information content (AvgIpc) is 2.19. The number of hydrogen-bond acceptors (Lipinski definition) is 1. The Bertz CT molecular complexity index is 225. The molecule has 1 aromatic rings. The quantitative estimate of drug-likeness (QED) is 0.686. The molecule has 0 fully saturated rings. The van der Waals surface area contributed by atoms with Crippen molar-refractivity contribution in [3.63, 3.8) is 0 Å². The van der Waals surface area contributed by atoms with Crippen LogP contribution >= 0.6 is 0 Å². The summed E-state index contributed by atoms with van der Waals surface area (Å²) in [6, 6.07) is 7.94. The van der Waals surface area contributed by atoms with Crippen LogP contribution in [0.4, 0.5) is 4.39 Å². The molecule has 0 aromatic heterocycles. The first-order valence-electron chi connectivity index (χ1n) is 4.43. The summed E-state index contributed by atoms with van der Waals surface area (Å²) in [5, 5.41) is 0. The number of carbonyl (C=O) groups excluding carboxylic acids is 1. The first-order valence-corrected chi connectivity index (χ1v) is 4.43. The van der Waals surface area contributed by atoms with Crippen LogP contribution in [0.3, 0.4) is 0 Å². The van der Waals surface area contributed by atoms with Crippen molar-refractivity contribution in [3.8, 4) is 0 Å². The van der Waals surface area contributed by atoms with Crippen LogP contribution in [0.2, 0.25) is 0 Å². The first kappa shape index (κ1) is 11.8. The first-order chi connectivity index (χ1) is 6.20. The highest BCUT2D eigenvalue weighted by atomic mass is 19.1. The van der Waals surface area contributed by atoms with E-state index in [-0.39, 0.29) is 5.82 Å². The fraction of sp³-hybridized carbons (Fsp3) is 0.364. The maximum Gasteiger partial charge on any atom is 0.132 e. The summed E-state index contributed by atoms with van der Waals surface area (Å²) in [4.78, 5) is 10.2. The van der Waals surface area contributed by atoms with E-state index >= 15 is 0 Å². The summed E-state index contributed by atoms with van der Waals surface area (Å²) in [7, 11) is 0. The smallest absolute Gasteiger partial charge is 0.132 e. The third kappa shape index (κ3) is 7.19. The molecule has 13 heavy (non-hydrogen) atoms. The molecular formula is C11H15FO. The van der Waals surface area contributed by atoms with Gasteiger partial charge >= 0.3 is 0 Å². The van der Waals surface area contributed by atoms with Gasteiger partial charge in [0, 0.05) is 12.8 Å². The number of ketones is 1. The van der Waals surface area contributed by atoms with Gasteiger partial charge in [0.1, 0.15) is 11.6 Å². The van der Waals surface area contributed by atoms with Crippen LogP contribution in [0, 0.1) is 5.82 Å². The van der Waals surface area contributed by atoms with Crippen LogP contribution in [-0.4, -0.2) is 5.78 Å².